The quantitative estimate of drug-likeness (QED) is 0.434. The maximum atomic E-state index is 8.45. The molecule has 0 aliphatic heterocycles. The van der Waals surface area contributed by atoms with Crippen LogP contribution in [0.3, 0.4) is 0 Å². The van der Waals surface area contributed by atoms with Gasteiger partial charge in [0.1, 0.15) is 0 Å². The molecule has 0 aromatic carbocycles. The van der Waals surface area contributed by atoms with Gasteiger partial charge in [-0.1, -0.05) is 25.7 Å². The van der Waals surface area contributed by atoms with E-state index in [1.165, 1.54) is 32.1 Å². The summed E-state index contributed by atoms with van der Waals surface area (Å²) in [5, 5.41) is 3.14. The van der Waals surface area contributed by atoms with Crippen LogP contribution in [0.4, 0.5) is 0 Å². The van der Waals surface area contributed by atoms with Gasteiger partial charge in [0, 0.05) is 5.75 Å². The van der Waals surface area contributed by atoms with Gasteiger partial charge in [0.2, 0.25) is 0 Å². The number of unbranched alkanes of at least 4 members (excludes halogenated alkanes) is 5. The predicted molar refractivity (Wildman–Crippen MR) is 56.7 cm³/mol. The summed E-state index contributed by atoms with van der Waals surface area (Å²) < 4.78 is 8.45. The molecule has 0 amide bonds. The first-order chi connectivity index (χ1) is 5.91. The molecule has 0 aliphatic carbocycles. The van der Waals surface area contributed by atoms with Crippen molar-refractivity contribution in [1.29, 1.82) is 0 Å². The van der Waals surface area contributed by atoms with Crippen LogP contribution in [0.5, 0.6) is 0 Å². The number of nitrogens with one attached hydrogen (secondary N) is 1. The van der Waals surface area contributed by atoms with Gasteiger partial charge in [-0.05, 0) is 38.5 Å². The van der Waals surface area contributed by atoms with Crippen molar-refractivity contribution in [2.75, 3.05) is 19.3 Å². The molecule has 0 fully saturated rings. The third-order valence-electron chi connectivity index (χ3n) is 1.91. The molecule has 0 spiro atoms. The normalized spacial score (nSPS) is 10.5. The second-order valence-electron chi connectivity index (χ2n) is 3.06. The lowest BCUT2D eigenvalue weighted by atomic mass is 10.1. The molecular weight excluding hydrogens is 170 g/mol. The van der Waals surface area contributed by atoms with Crippen LogP contribution in [0, 0.1) is 0 Å². The minimum absolute atomic E-state index is 0.899. The Balaban J connectivity index is 2.73. The summed E-state index contributed by atoms with van der Waals surface area (Å²) in [6, 6.07) is 0. The minimum Gasteiger partial charge on any atom is -0.330 e. The van der Waals surface area contributed by atoms with E-state index in [0.29, 0.717) is 0 Å². The fourth-order valence-corrected chi connectivity index (χ4v) is 1.51. The molecule has 0 aromatic rings. The topological polar surface area (TPSA) is 32.3 Å². The van der Waals surface area contributed by atoms with Gasteiger partial charge in [-0.15, -0.1) is 0 Å². The van der Waals surface area contributed by atoms with Crippen LogP contribution in [-0.4, -0.2) is 23.9 Å². The van der Waals surface area contributed by atoms with Crippen LogP contribution in [0.25, 0.3) is 0 Å². The molecule has 3 heteroatoms. The van der Waals surface area contributed by atoms with E-state index < -0.39 is 0 Å². The molecule has 0 saturated heterocycles. The van der Waals surface area contributed by atoms with Crippen molar-refractivity contribution in [3.8, 4) is 0 Å². The van der Waals surface area contributed by atoms with Gasteiger partial charge >= 0.3 is 0 Å². The first kappa shape index (κ1) is 12.3. The van der Waals surface area contributed by atoms with E-state index >= 15 is 0 Å². The summed E-state index contributed by atoms with van der Waals surface area (Å²) in [6.07, 6.45) is 7.74. The first-order valence-corrected chi connectivity index (χ1v) is 5.77. The van der Waals surface area contributed by atoms with Crippen molar-refractivity contribution < 1.29 is 4.55 Å². The van der Waals surface area contributed by atoms with Crippen molar-refractivity contribution in [1.82, 2.24) is 5.32 Å². The van der Waals surface area contributed by atoms with Crippen molar-refractivity contribution >= 4 is 12.0 Å². The van der Waals surface area contributed by atoms with Gasteiger partial charge in [0.25, 0.3) is 0 Å². The van der Waals surface area contributed by atoms with E-state index in [9.17, 15) is 0 Å². The smallest absolute Gasteiger partial charge is 0.0195 e. The minimum atomic E-state index is 0.899. The molecule has 0 aliphatic rings. The molecule has 0 aromatic heterocycles. The average Bonchev–Trinajstić information content (AvgIpc) is 2.10. The molecule has 0 rings (SSSR count). The number of hydrogen-bond acceptors (Lipinski definition) is 3. The summed E-state index contributed by atoms with van der Waals surface area (Å²) in [6.45, 7) is 1.15. The second-order valence-corrected chi connectivity index (χ2v) is 3.72. The first-order valence-electron chi connectivity index (χ1n) is 4.82. The Morgan fingerprint density at radius 2 is 1.58 bits per heavy atom. The van der Waals surface area contributed by atoms with E-state index in [0.717, 1.165) is 30.8 Å². The Morgan fingerprint density at radius 3 is 2.17 bits per heavy atom. The van der Waals surface area contributed by atoms with Crippen LogP contribution < -0.4 is 5.32 Å². The largest absolute Gasteiger partial charge is 0.330 e. The van der Waals surface area contributed by atoms with Crippen molar-refractivity contribution in [3.63, 3.8) is 0 Å². The Morgan fingerprint density at radius 1 is 1.00 bits per heavy atom. The van der Waals surface area contributed by atoms with E-state index in [4.69, 9.17) is 4.55 Å². The van der Waals surface area contributed by atoms with E-state index in [1.807, 2.05) is 7.05 Å². The van der Waals surface area contributed by atoms with Gasteiger partial charge in [-0.2, -0.15) is 0 Å². The Hall–Kier alpha value is 0.270. The van der Waals surface area contributed by atoms with Crippen LogP contribution in [0.1, 0.15) is 38.5 Å². The van der Waals surface area contributed by atoms with Gasteiger partial charge in [0.15, 0.2) is 0 Å². The maximum Gasteiger partial charge on any atom is 0.0195 e. The zero-order valence-corrected chi connectivity index (χ0v) is 8.83. The third kappa shape index (κ3) is 10.3. The number of rotatable bonds is 9. The molecule has 12 heavy (non-hydrogen) atoms. The van der Waals surface area contributed by atoms with Gasteiger partial charge < -0.3 is 9.87 Å². The van der Waals surface area contributed by atoms with E-state index in [2.05, 4.69) is 5.32 Å². The summed E-state index contributed by atoms with van der Waals surface area (Å²) >= 11 is 0.964. The lowest BCUT2D eigenvalue weighted by Gasteiger charge is -2.00. The molecule has 0 heterocycles. The molecule has 74 valence electrons. The second kappa shape index (κ2) is 11.3. The highest BCUT2D eigenvalue weighted by molar-refractivity contribution is 7.93. The van der Waals surface area contributed by atoms with E-state index in [1.54, 1.807) is 0 Å². The Bertz CT molecular complexity index is 70.9. The molecule has 2 nitrogen and oxygen atoms in total. The molecule has 0 bridgehead atoms. The van der Waals surface area contributed by atoms with Gasteiger partial charge in [-0.3, -0.25) is 0 Å². The fraction of sp³-hybridized carbons (Fsp3) is 1.00. The lowest BCUT2D eigenvalue weighted by molar-refractivity contribution is 0.590. The average molecular weight is 191 g/mol. The van der Waals surface area contributed by atoms with Crippen LogP contribution >= 0.6 is 12.0 Å². The highest BCUT2D eigenvalue weighted by Crippen LogP contribution is 2.07. The molecular formula is C9H21NOS. The molecule has 0 unspecified atom stereocenters. The molecule has 0 radical (unpaired) electrons. The predicted octanol–water partition coefficient (Wildman–Crippen LogP) is 2.75. The summed E-state index contributed by atoms with van der Waals surface area (Å²) in [5.41, 5.74) is 0. The van der Waals surface area contributed by atoms with Crippen LogP contribution in [-0.2, 0) is 0 Å². The SMILES string of the molecule is CNCCCCCCCCSO. The van der Waals surface area contributed by atoms with E-state index in [-0.39, 0.29) is 0 Å². The van der Waals surface area contributed by atoms with Crippen molar-refractivity contribution in [2.45, 2.75) is 38.5 Å². The van der Waals surface area contributed by atoms with Gasteiger partial charge in [0.05, 0.1) is 0 Å². The molecule has 0 atom stereocenters. The third-order valence-corrected chi connectivity index (χ3v) is 2.38. The summed E-state index contributed by atoms with van der Waals surface area (Å²) in [7, 11) is 2.00. The zero-order valence-electron chi connectivity index (χ0n) is 8.01. The fourth-order valence-electron chi connectivity index (χ4n) is 1.18. The van der Waals surface area contributed by atoms with Gasteiger partial charge in [-0.25, -0.2) is 0 Å². The van der Waals surface area contributed by atoms with Crippen LogP contribution in [0.2, 0.25) is 0 Å². The van der Waals surface area contributed by atoms with Crippen LogP contribution in [0.15, 0.2) is 0 Å². The summed E-state index contributed by atoms with van der Waals surface area (Å²) in [4.78, 5) is 0. The molecule has 0 saturated carbocycles. The van der Waals surface area contributed by atoms with Crippen molar-refractivity contribution in [3.05, 3.63) is 0 Å². The Labute approximate surface area is 80.3 Å². The highest BCUT2D eigenvalue weighted by atomic mass is 32.2. The number of hydrogen-bond donors (Lipinski definition) is 2. The summed E-state index contributed by atoms with van der Waals surface area (Å²) in [5.74, 6) is 0.899. The lowest BCUT2D eigenvalue weighted by Crippen LogP contribution is -2.06. The standard InChI is InChI=1S/C9H21NOS/c1-10-8-6-4-2-3-5-7-9-12-11/h10-11H,2-9H2,1H3. The zero-order chi connectivity index (χ0) is 9.07. The highest BCUT2D eigenvalue weighted by Gasteiger charge is 1.90. The Kier molecular flexibility index (Phi) is 11.5. The molecule has 2 N–H and O–H groups in total. The monoisotopic (exact) mass is 191 g/mol. The maximum absolute atomic E-state index is 8.45. The van der Waals surface area contributed by atoms with Crippen molar-refractivity contribution in [2.24, 2.45) is 0 Å².